The lowest BCUT2D eigenvalue weighted by Crippen LogP contribution is -2.40. The summed E-state index contributed by atoms with van der Waals surface area (Å²) in [5, 5.41) is 7.02. The molecule has 0 spiro atoms. The molecule has 6 nitrogen and oxygen atoms in total. The van der Waals surface area contributed by atoms with Gasteiger partial charge < -0.3 is 19.9 Å². The van der Waals surface area contributed by atoms with Crippen molar-refractivity contribution in [3.8, 4) is 5.75 Å². The number of nitrogens with one attached hydrogen (secondary N) is 2. The fraction of sp³-hybridized carbons (Fsp3) is 0.200. The number of amides is 2. The Balaban J connectivity index is 1.57. The van der Waals surface area contributed by atoms with Crippen LogP contribution in [0.25, 0.3) is 0 Å². The summed E-state index contributed by atoms with van der Waals surface area (Å²) in [5.74, 6) is 1.41. The molecule has 2 amide bonds. The molecule has 0 aliphatic rings. The third-order valence-electron chi connectivity index (χ3n) is 4.07. The molecule has 3 aromatic rings. The molecular formula is C20H20Cl2N4O2. The average Bonchev–Trinajstić information content (AvgIpc) is 3.11. The molecule has 0 saturated carbocycles. The summed E-state index contributed by atoms with van der Waals surface area (Å²) in [6.07, 6.45) is 3.52. The molecule has 0 fully saturated rings. The number of imidazole rings is 1. The van der Waals surface area contributed by atoms with Crippen LogP contribution in [0.1, 0.15) is 17.4 Å². The molecule has 8 heteroatoms. The van der Waals surface area contributed by atoms with E-state index in [4.69, 9.17) is 27.9 Å². The minimum Gasteiger partial charge on any atom is -0.492 e. The second-order valence-corrected chi connectivity index (χ2v) is 6.96. The number of hydrogen-bond donors (Lipinski definition) is 2. The van der Waals surface area contributed by atoms with E-state index in [1.807, 2.05) is 29.9 Å². The third-order valence-corrected chi connectivity index (χ3v) is 4.57. The highest BCUT2D eigenvalue weighted by Crippen LogP contribution is 2.22. The fourth-order valence-electron chi connectivity index (χ4n) is 2.65. The first kappa shape index (κ1) is 20.0. The molecule has 146 valence electrons. The van der Waals surface area contributed by atoms with E-state index in [1.165, 1.54) is 0 Å². The monoisotopic (exact) mass is 418 g/mol. The topological polar surface area (TPSA) is 68.2 Å². The lowest BCUT2D eigenvalue weighted by atomic mass is 10.1. The fourth-order valence-corrected chi connectivity index (χ4v) is 2.91. The maximum absolute atomic E-state index is 12.4. The van der Waals surface area contributed by atoms with Crippen molar-refractivity contribution in [2.45, 2.75) is 6.04 Å². The van der Waals surface area contributed by atoms with Crippen molar-refractivity contribution in [1.82, 2.24) is 20.2 Å². The van der Waals surface area contributed by atoms with Crippen LogP contribution >= 0.6 is 23.2 Å². The molecule has 0 radical (unpaired) electrons. The van der Waals surface area contributed by atoms with Crippen LogP contribution < -0.4 is 15.4 Å². The summed E-state index contributed by atoms with van der Waals surface area (Å²) in [5.41, 5.74) is 0.881. The number of halogens is 2. The summed E-state index contributed by atoms with van der Waals surface area (Å²) in [6, 6.07) is 13.6. The highest BCUT2D eigenvalue weighted by atomic mass is 35.5. The van der Waals surface area contributed by atoms with Gasteiger partial charge in [-0.25, -0.2) is 9.78 Å². The number of ether oxygens (including phenoxy) is 1. The Morgan fingerprint density at radius 2 is 1.75 bits per heavy atom. The van der Waals surface area contributed by atoms with Gasteiger partial charge in [-0.15, -0.1) is 0 Å². The van der Waals surface area contributed by atoms with Crippen molar-refractivity contribution >= 4 is 29.2 Å². The van der Waals surface area contributed by atoms with Crippen LogP contribution in [0.15, 0.2) is 60.9 Å². The van der Waals surface area contributed by atoms with Crippen molar-refractivity contribution in [2.75, 3.05) is 13.2 Å². The summed E-state index contributed by atoms with van der Waals surface area (Å²) < 4.78 is 7.44. The van der Waals surface area contributed by atoms with E-state index in [9.17, 15) is 4.79 Å². The summed E-state index contributed by atoms with van der Waals surface area (Å²) >= 11 is 11.8. The first-order valence-corrected chi connectivity index (χ1v) is 9.44. The van der Waals surface area contributed by atoms with Gasteiger partial charge >= 0.3 is 6.03 Å². The van der Waals surface area contributed by atoms with Gasteiger partial charge in [-0.1, -0.05) is 35.3 Å². The van der Waals surface area contributed by atoms with E-state index < -0.39 is 6.04 Å². The average molecular weight is 419 g/mol. The van der Waals surface area contributed by atoms with Crippen LogP contribution in [-0.2, 0) is 7.05 Å². The van der Waals surface area contributed by atoms with E-state index in [-0.39, 0.29) is 6.03 Å². The molecule has 0 aliphatic heterocycles. The number of hydrogen-bond acceptors (Lipinski definition) is 3. The van der Waals surface area contributed by atoms with Crippen molar-refractivity contribution in [1.29, 1.82) is 0 Å². The van der Waals surface area contributed by atoms with Crippen LogP contribution in [0.2, 0.25) is 10.0 Å². The summed E-state index contributed by atoms with van der Waals surface area (Å²) in [6.45, 7) is 0.686. The van der Waals surface area contributed by atoms with E-state index >= 15 is 0 Å². The number of benzene rings is 2. The van der Waals surface area contributed by atoms with Crippen LogP contribution in [0.5, 0.6) is 5.75 Å². The number of urea groups is 1. The van der Waals surface area contributed by atoms with Crippen LogP contribution in [0.3, 0.4) is 0 Å². The van der Waals surface area contributed by atoms with E-state index in [1.54, 1.807) is 42.6 Å². The first-order chi connectivity index (χ1) is 13.5. The Kier molecular flexibility index (Phi) is 6.79. The number of aryl methyl sites for hydroxylation is 1. The molecule has 3 rings (SSSR count). The smallest absolute Gasteiger partial charge is 0.315 e. The largest absolute Gasteiger partial charge is 0.492 e. The number of carbonyl (C=O) groups is 1. The zero-order valence-electron chi connectivity index (χ0n) is 15.2. The van der Waals surface area contributed by atoms with Crippen LogP contribution in [-0.4, -0.2) is 28.7 Å². The quantitative estimate of drug-likeness (QED) is 0.565. The van der Waals surface area contributed by atoms with Gasteiger partial charge in [-0.2, -0.15) is 0 Å². The summed E-state index contributed by atoms with van der Waals surface area (Å²) in [7, 11) is 1.88. The predicted molar refractivity (Wildman–Crippen MR) is 110 cm³/mol. The normalized spacial score (nSPS) is 11.7. The second kappa shape index (κ2) is 9.48. The maximum Gasteiger partial charge on any atom is 0.315 e. The number of nitrogens with zero attached hydrogens (tertiary/aromatic N) is 2. The van der Waals surface area contributed by atoms with E-state index in [0.717, 1.165) is 11.4 Å². The molecule has 0 unspecified atom stereocenters. The molecule has 1 aromatic heterocycles. The van der Waals surface area contributed by atoms with Gasteiger partial charge in [0, 0.05) is 29.5 Å². The van der Waals surface area contributed by atoms with Crippen molar-refractivity contribution in [3.05, 3.63) is 82.4 Å². The summed E-state index contributed by atoms with van der Waals surface area (Å²) in [4.78, 5) is 16.8. The molecule has 1 heterocycles. The van der Waals surface area contributed by atoms with E-state index in [2.05, 4.69) is 15.6 Å². The maximum atomic E-state index is 12.4. The molecular weight excluding hydrogens is 399 g/mol. The molecule has 2 N–H and O–H groups in total. The number of aromatic nitrogens is 2. The minimum absolute atomic E-state index is 0.317. The van der Waals surface area contributed by atoms with Gasteiger partial charge in [0.1, 0.15) is 24.2 Å². The molecule has 0 bridgehead atoms. The van der Waals surface area contributed by atoms with Crippen molar-refractivity contribution in [2.24, 2.45) is 7.05 Å². The molecule has 28 heavy (non-hydrogen) atoms. The Morgan fingerprint density at radius 3 is 2.36 bits per heavy atom. The molecule has 0 aliphatic carbocycles. The Labute approximate surface area is 173 Å². The van der Waals surface area contributed by atoms with Gasteiger partial charge in [0.2, 0.25) is 0 Å². The Hall–Kier alpha value is -2.70. The van der Waals surface area contributed by atoms with Crippen LogP contribution in [0, 0.1) is 0 Å². The zero-order chi connectivity index (χ0) is 19.9. The van der Waals surface area contributed by atoms with E-state index in [0.29, 0.717) is 28.9 Å². The Morgan fingerprint density at radius 1 is 1.11 bits per heavy atom. The first-order valence-electron chi connectivity index (χ1n) is 8.68. The minimum atomic E-state index is -0.408. The van der Waals surface area contributed by atoms with Gasteiger partial charge in [0.05, 0.1) is 6.54 Å². The van der Waals surface area contributed by atoms with Gasteiger partial charge in [-0.3, -0.25) is 0 Å². The number of rotatable bonds is 7. The highest BCUT2D eigenvalue weighted by Gasteiger charge is 2.20. The number of carbonyl (C=O) groups excluding carboxylic acids is 1. The van der Waals surface area contributed by atoms with Crippen molar-refractivity contribution in [3.63, 3.8) is 0 Å². The van der Waals surface area contributed by atoms with Gasteiger partial charge in [0.15, 0.2) is 0 Å². The predicted octanol–water partition coefficient (Wildman–Crippen LogP) is 4.19. The molecule has 2 aromatic carbocycles. The SMILES string of the molecule is Cn1ccnc1[C@H](NC(=O)NCCOc1ccc(Cl)cc1)c1ccc(Cl)cc1. The molecule has 1 atom stereocenters. The van der Waals surface area contributed by atoms with Crippen LogP contribution in [0.4, 0.5) is 4.79 Å². The lowest BCUT2D eigenvalue weighted by Gasteiger charge is -2.19. The zero-order valence-corrected chi connectivity index (χ0v) is 16.7. The van der Waals surface area contributed by atoms with Gasteiger partial charge in [-0.05, 0) is 42.0 Å². The Bertz CT molecular complexity index is 911. The second-order valence-electron chi connectivity index (χ2n) is 6.08. The third kappa shape index (κ3) is 5.41. The van der Waals surface area contributed by atoms with Gasteiger partial charge in [0.25, 0.3) is 0 Å². The lowest BCUT2D eigenvalue weighted by molar-refractivity contribution is 0.234. The molecule has 0 saturated heterocycles. The highest BCUT2D eigenvalue weighted by molar-refractivity contribution is 6.30. The standard InChI is InChI=1S/C20H20Cl2N4O2/c1-26-12-10-23-19(26)18(14-2-4-15(21)5-3-14)25-20(27)24-11-13-28-17-8-6-16(22)7-9-17/h2-10,12,18H,11,13H2,1H3,(H2,24,25,27)/t18-/m1/s1. The van der Waals surface area contributed by atoms with Crippen molar-refractivity contribution < 1.29 is 9.53 Å².